The zero-order chi connectivity index (χ0) is 20.9. The fourth-order valence-corrected chi connectivity index (χ4v) is 4.62. The van der Waals surface area contributed by atoms with Crippen LogP contribution in [0.25, 0.3) is 10.9 Å². The Morgan fingerprint density at radius 2 is 1.84 bits per heavy atom. The standard InChI is InChI=1S/C26H32N2O2.ClH/c1-27-19-24(23-18-22(30-2)9-10-25(23)27)26(29)11-8-21-13-16-28(17-14-21)15-12-20-6-4-3-5-7-20;/h3-7,9-10,18-19,21H,8,11-17H2,1-2H3;1H. The quantitative estimate of drug-likeness (QED) is 0.432. The first-order valence-corrected chi connectivity index (χ1v) is 11.1. The number of carbonyl (C=O) groups excluding carboxylic acids is 1. The summed E-state index contributed by atoms with van der Waals surface area (Å²) in [5.41, 5.74) is 3.31. The fourth-order valence-electron chi connectivity index (χ4n) is 4.62. The molecular formula is C26H33ClN2O2. The Balaban J connectivity index is 0.00000272. The number of aromatic nitrogens is 1. The van der Waals surface area contributed by atoms with Crippen molar-refractivity contribution in [2.24, 2.45) is 13.0 Å². The summed E-state index contributed by atoms with van der Waals surface area (Å²) in [6.07, 6.45) is 7.11. The summed E-state index contributed by atoms with van der Waals surface area (Å²) >= 11 is 0. The number of carbonyl (C=O) groups is 1. The van der Waals surface area contributed by atoms with Crippen molar-refractivity contribution in [1.82, 2.24) is 9.47 Å². The summed E-state index contributed by atoms with van der Waals surface area (Å²) in [6, 6.07) is 16.7. The van der Waals surface area contributed by atoms with Crippen molar-refractivity contribution < 1.29 is 9.53 Å². The lowest BCUT2D eigenvalue weighted by Crippen LogP contribution is -2.35. The number of methoxy groups -OCH3 is 1. The SMILES string of the molecule is COc1ccc2c(c1)c(C(=O)CCC1CCN(CCc3ccccc3)CC1)cn2C.Cl. The maximum absolute atomic E-state index is 13.0. The van der Waals surface area contributed by atoms with E-state index in [1.165, 1.54) is 18.4 Å². The van der Waals surface area contributed by atoms with Crippen LogP contribution in [0.2, 0.25) is 0 Å². The number of Topliss-reactive ketones (excluding diaryl/α,β-unsaturated/α-hetero) is 1. The minimum Gasteiger partial charge on any atom is -0.497 e. The fraction of sp³-hybridized carbons (Fsp3) is 0.423. The molecule has 1 aliphatic heterocycles. The lowest BCUT2D eigenvalue weighted by atomic mass is 9.90. The van der Waals surface area contributed by atoms with Gasteiger partial charge in [-0.05, 0) is 68.5 Å². The van der Waals surface area contributed by atoms with E-state index in [2.05, 4.69) is 35.2 Å². The third-order valence-electron chi connectivity index (χ3n) is 6.54. The van der Waals surface area contributed by atoms with E-state index in [-0.39, 0.29) is 18.2 Å². The van der Waals surface area contributed by atoms with Crippen LogP contribution in [0.15, 0.2) is 54.7 Å². The highest BCUT2D eigenvalue weighted by atomic mass is 35.5. The van der Waals surface area contributed by atoms with Gasteiger partial charge in [-0.3, -0.25) is 4.79 Å². The topological polar surface area (TPSA) is 34.5 Å². The number of fused-ring (bicyclic) bond motifs is 1. The van der Waals surface area contributed by atoms with E-state index in [4.69, 9.17) is 4.74 Å². The van der Waals surface area contributed by atoms with Gasteiger partial charge in [0.1, 0.15) is 5.75 Å². The molecule has 0 radical (unpaired) electrons. The molecule has 2 aromatic carbocycles. The predicted octanol–water partition coefficient (Wildman–Crippen LogP) is 5.53. The Bertz CT molecular complexity index is 991. The number of benzene rings is 2. The number of ether oxygens (including phenoxy) is 1. The summed E-state index contributed by atoms with van der Waals surface area (Å²) < 4.78 is 7.39. The van der Waals surface area contributed by atoms with Crippen molar-refractivity contribution in [3.8, 4) is 5.75 Å². The number of hydrogen-bond acceptors (Lipinski definition) is 3. The van der Waals surface area contributed by atoms with Crippen LogP contribution in [-0.4, -0.2) is 42.0 Å². The van der Waals surface area contributed by atoms with Crippen LogP contribution in [0.4, 0.5) is 0 Å². The molecule has 1 aliphatic rings. The molecule has 5 heteroatoms. The molecule has 0 amide bonds. The lowest BCUT2D eigenvalue weighted by Gasteiger charge is -2.31. The van der Waals surface area contributed by atoms with Crippen molar-refractivity contribution in [2.75, 3.05) is 26.7 Å². The van der Waals surface area contributed by atoms with Crippen LogP contribution in [0.3, 0.4) is 0 Å². The van der Waals surface area contributed by atoms with Crippen LogP contribution in [0.1, 0.15) is 41.6 Å². The molecule has 0 spiro atoms. The van der Waals surface area contributed by atoms with Crippen molar-refractivity contribution >= 4 is 29.1 Å². The van der Waals surface area contributed by atoms with E-state index < -0.39 is 0 Å². The molecule has 2 heterocycles. The second-order valence-electron chi connectivity index (χ2n) is 8.52. The zero-order valence-electron chi connectivity index (χ0n) is 18.5. The minimum absolute atomic E-state index is 0. The molecule has 0 unspecified atom stereocenters. The summed E-state index contributed by atoms with van der Waals surface area (Å²) in [4.78, 5) is 15.5. The monoisotopic (exact) mass is 440 g/mol. The molecule has 3 aromatic rings. The van der Waals surface area contributed by atoms with E-state index in [9.17, 15) is 4.79 Å². The van der Waals surface area contributed by atoms with Crippen LogP contribution in [0, 0.1) is 5.92 Å². The van der Waals surface area contributed by atoms with Crippen LogP contribution in [-0.2, 0) is 13.5 Å². The van der Waals surface area contributed by atoms with Gasteiger partial charge < -0.3 is 14.2 Å². The Morgan fingerprint density at radius 1 is 1.10 bits per heavy atom. The number of nitrogens with zero attached hydrogens (tertiary/aromatic N) is 2. The molecule has 1 saturated heterocycles. The van der Waals surface area contributed by atoms with E-state index in [0.29, 0.717) is 12.3 Å². The van der Waals surface area contributed by atoms with Gasteiger partial charge in [-0.2, -0.15) is 0 Å². The Labute approximate surface area is 191 Å². The highest BCUT2D eigenvalue weighted by Gasteiger charge is 2.21. The minimum atomic E-state index is 0. The summed E-state index contributed by atoms with van der Waals surface area (Å²) in [5, 5.41) is 0.998. The number of rotatable bonds is 8. The van der Waals surface area contributed by atoms with Gasteiger partial charge in [0.25, 0.3) is 0 Å². The normalized spacial score (nSPS) is 15.0. The maximum Gasteiger partial charge on any atom is 0.165 e. The molecule has 0 bridgehead atoms. The Hall–Kier alpha value is -2.30. The van der Waals surface area contributed by atoms with Crippen molar-refractivity contribution in [1.29, 1.82) is 0 Å². The average molecular weight is 441 g/mol. The molecule has 1 aromatic heterocycles. The number of likely N-dealkylation sites (tertiary alicyclic amines) is 1. The third kappa shape index (κ3) is 5.69. The van der Waals surface area contributed by atoms with Gasteiger partial charge in [0.15, 0.2) is 5.78 Å². The largest absolute Gasteiger partial charge is 0.497 e. The second-order valence-corrected chi connectivity index (χ2v) is 8.52. The number of halogens is 1. The van der Waals surface area contributed by atoms with Crippen molar-refractivity contribution in [3.63, 3.8) is 0 Å². The molecule has 0 aliphatic carbocycles. The van der Waals surface area contributed by atoms with Gasteiger partial charge in [0.05, 0.1) is 7.11 Å². The van der Waals surface area contributed by atoms with Gasteiger partial charge in [0, 0.05) is 42.7 Å². The molecule has 4 rings (SSSR count). The number of piperidine rings is 1. The van der Waals surface area contributed by atoms with Gasteiger partial charge in [-0.25, -0.2) is 0 Å². The van der Waals surface area contributed by atoms with Crippen LogP contribution in [0.5, 0.6) is 5.75 Å². The average Bonchev–Trinajstić information content (AvgIpc) is 3.13. The van der Waals surface area contributed by atoms with Crippen LogP contribution < -0.4 is 4.74 Å². The van der Waals surface area contributed by atoms with E-state index >= 15 is 0 Å². The smallest absolute Gasteiger partial charge is 0.165 e. The molecule has 31 heavy (non-hydrogen) atoms. The zero-order valence-corrected chi connectivity index (χ0v) is 19.4. The Kier molecular flexibility index (Phi) is 8.16. The first kappa shape index (κ1) is 23.4. The van der Waals surface area contributed by atoms with E-state index in [0.717, 1.165) is 54.7 Å². The first-order valence-electron chi connectivity index (χ1n) is 11.1. The van der Waals surface area contributed by atoms with Crippen LogP contribution >= 0.6 is 12.4 Å². The van der Waals surface area contributed by atoms with E-state index in [1.807, 2.05) is 36.0 Å². The molecule has 1 fully saturated rings. The molecule has 0 N–H and O–H groups in total. The van der Waals surface area contributed by atoms with Gasteiger partial charge in [-0.1, -0.05) is 30.3 Å². The van der Waals surface area contributed by atoms with Crippen molar-refractivity contribution in [3.05, 3.63) is 65.9 Å². The van der Waals surface area contributed by atoms with E-state index in [1.54, 1.807) is 7.11 Å². The molecule has 166 valence electrons. The molecule has 0 saturated carbocycles. The highest BCUT2D eigenvalue weighted by Crippen LogP contribution is 2.28. The molecule has 4 nitrogen and oxygen atoms in total. The summed E-state index contributed by atoms with van der Waals surface area (Å²) in [6.45, 7) is 3.43. The third-order valence-corrected chi connectivity index (χ3v) is 6.54. The molecular weight excluding hydrogens is 408 g/mol. The summed E-state index contributed by atoms with van der Waals surface area (Å²) in [5.74, 6) is 1.71. The highest BCUT2D eigenvalue weighted by molar-refractivity contribution is 6.08. The number of aryl methyl sites for hydroxylation is 1. The second kappa shape index (κ2) is 10.8. The molecule has 0 atom stereocenters. The van der Waals surface area contributed by atoms with Gasteiger partial charge >= 0.3 is 0 Å². The Morgan fingerprint density at radius 3 is 2.55 bits per heavy atom. The first-order chi connectivity index (χ1) is 14.6. The number of ketones is 1. The van der Waals surface area contributed by atoms with Gasteiger partial charge in [-0.15, -0.1) is 12.4 Å². The maximum atomic E-state index is 13.0. The summed E-state index contributed by atoms with van der Waals surface area (Å²) in [7, 11) is 3.66. The lowest BCUT2D eigenvalue weighted by molar-refractivity contribution is 0.0964. The van der Waals surface area contributed by atoms with Gasteiger partial charge in [0.2, 0.25) is 0 Å². The van der Waals surface area contributed by atoms with Crippen molar-refractivity contribution in [2.45, 2.75) is 32.1 Å². The number of hydrogen-bond donors (Lipinski definition) is 0. The predicted molar refractivity (Wildman–Crippen MR) is 130 cm³/mol.